The minimum atomic E-state index is -0.416. The summed E-state index contributed by atoms with van der Waals surface area (Å²) in [5.74, 6) is -0.549. The van der Waals surface area contributed by atoms with Crippen LogP contribution in [0.3, 0.4) is 0 Å². The van der Waals surface area contributed by atoms with Crippen molar-refractivity contribution in [1.82, 2.24) is 13.9 Å². The molecule has 0 unspecified atom stereocenters. The number of hydrogen-bond donors (Lipinski definition) is 1. The van der Waals surface area contributed by atoms with Gasteiger partial charge in [0.15, 0.2) is 18.0 Å². The van der Waals surface area contributed by atoms with Gasteiger partial charge in [0.05, 0.1) is 0 Å². The number of amides is 1. The molecule has 1 N–H and O–H groups in total. The summed E-state index contributed by atoms with van der Waals surface area (Å²) in [7, 11) is 0. The average molecular weight is 306 g/mol. The number of hydrogen-bond acceptors (Lipinski definition) is 4. The molecule has 2 heterocycles. The molecule has 0 saturated heterocycles. The van der Waals surface area contributed by atoms with Crippen LogP contribution in [0.2, 0.25) is 0 Å². The minimum absolute atomic E-state index is 0.0142. The van der Waals surface area contributed by atoms with E-state index in [1.165, 1.54) is 40.6 Å². The number of pyridine rings is 1. The zero-order valence-electron chi connectivity index (χ0n) is 10.5. The molecule has 0 aliphatic heterocycles. The third-order valence-electron chi connectivity index (χ3n) is 2.80. The lowest BCUT2D eigenvalue weighted by Crippen LogP contribution is -2.12. The molecule has 106 valence electrons. The van der Waals surface area contributed by atoms with Crippen LogP contribution >= 0.6 is 12.3 Å². The second kappa shape index (κ2) is 5.49. The van der Waals surface area contributed by atoms with E-state index in [-0.39, 0.29) is 18.2 Å². The molecule has 0 radical (unpaired) electrons. The zero-order chi connectivity index (χ0) is 14.8. The summed E-state index contributed by atoms with van der Waals surface area (Å²) in [6, 6.07) is 8.28. The predicted octanol–water partition coefficient (Wildman–Crippen LogP) is 3.20. The lowest BCUT2D eigenvalue weighted by atomic mass is 10.2. The summed E-state index contributed by atoms with van der Waals surface area (Å²) < 4.78 is 26.6. The van der Waals surface area contributed by atoms with Crippen molar-refractivity contribution < 1.29 is 13.1 Å². The minimum Gasteiger partial charge on any atom is -0.306 e. The van der Waals surface area contributed by atoms with Gasteiger partial charge >= 0.3 is 0 Å². The number of carbonyl (C=O) groups is 1. The van der Waals surface area contributed by atoms with Crippen LogP contribution in [0.5, 0.6) is 0 Å². The number of nitrogens with one attached hydrogen (secondary N) is 1. The Labute approximate surface area is 122 Å². The van der Waals surface area contributed by atoms with Crippen molar-refractivity contribution in [3.8, 4) is 0 Å². The van der Waals surface area contributed by atoms with Gasteiger partial charge in [-0.05, 0) is 36.4 Å². The quantitative estimate of drug-likeness (QED) is 0.807. The monoisotopic (exact) mass is 306 g/mol. The lowest BCUT2D eigenvalue weighted by molar-refractivity contribution is 0.102. The highest BCUT2D eigenvalue weighted by Gasteiger charge is 2.10. The van der Waals surface area contributed by atoms with Crippen molar-refractivity contribution in [3.63, 3.8) is 0 Å². The van der Waals surface area contributed by atoms with Crippen LogP contribution in [0.1, 0.15) is 10.4 Å². The fourth-order valence-electron chi connectivity index (χ4n) is 1.79. The number of anilines is 1. The van der Waals surface area contributed by atoms with Crippen molar-refractivity contribution in [2.45, 2.75) is 0 Å². The Morgan fingerprint density at radius 1 is 1.19 bits per heavy atom. The van der Waals surface area contributed by atoms with Crippen LogP contribution in [0.4, 0.5) is 14.1 Å². The van der Waals surface area contributed by atoms with Gasteiger partial charge in [-0.3, -0.25) is 4.79 Å². The highest BCUT2D eigenvalue weighted by atomic mass is 32.2. The summed E-state index contributed by atoms with van der Waals surface area (Å²) in [4.78, 5) is 20.0. The van der Waals surface area contributed by atoms with Crippen molar-refractivity contribution >= 4 is 35.2 Å². The van der Waals surface area contributed by atoms with E-state index in [0.29, 0.717) is 16.7 Å². The molecule has 2 aromatic heterocycles. The molecule has 0 aliphatic rings. The van der Waals surface area contributed by atoms with E-state index in [1.807, 2.05) is 0 Å². The first kappa shape index (κ1) is 13.5. The predicted molar refractivity (Wildman–Crippen MR) is 76.0 cm³/mol. The maximum Gasteiger partial charge on any atom is 0.256 e. The molecule has 0 fully saturated rings. The molecule has 0 saturated carbocycles. The molecule has 0 bridgehead atoms. The van der Waals surface area contributed by atoms with Gasteiger partial charge in [-0.1, -0.05) is 0 Å². The largest absolute Gasteiger partial charge is 0.306 e. The summed E-state index contributed by atoms with van der Waals surface area (Å²) in [6.45, 7) is 0. The third kappa shape index (κ3) is 2.70. The highest BCUT2D eigenvalue weighted by molar-refractivity contribution is 7.92. The number of benzene rings is 1. The van der Waals surface area contributed by atoms with Crippen molar-refractivity contribution in [2.75, 3.05) is 5.32 Å². The smallest absolute Gasteiger partial charge is 0.256 e. The van der Waals surface area contributed by atoms with Gasteiger partial charge in [-0.15, -0.1) is 3.89 Å². The molecular formula is C13H8F2N4OS. The zero-order valence-corrected chi connectivity index (χ0v) is 11.3. The van der Waals surface area contributed by atoms with Gasteiger partial charge in [0.1, 0.15) is 23.5 Å². The van der Waals surface area contributed by atoms with Crippen molar-refractivity contribution in [1.29, 1.82) is 0 Å². The number of imidazole rings is 1. The molecule has 1 aromatic carbocycles. The van der Waals surface area contributed by atoms with Crippen LogP contribution in [-0.4, -0.2) is 19.8 Å². The molecule has 0 spiro atoms. The SMILES string of the molecule is O=C(Nc1ccc2c(ncn2SF)n1)c1ccc(F)cc1. The van der Waals surface area contributed by atoms with Crippen LogP contribution in [0.25, 0.3) is 11.2 Å². The molecule has 5 nitrogen and oxygen atoms in total. The van der Waals surface area contributed by atoms with Gasteiger partial charge in [0.25, 0.3) is 5.91 Å². The molecule has 0 atom stereocenters. The van der Waals surface area contributed by atoms with Crippen molar-refractivity contribution in [3.05, 3.63) is 54.1 Å². The fourth-order valence-corrected chi connectivity index (χ4v) is 2.09. The Bertz CT molecular complexity index is 804. The van der Waals surface area contributed by atoms with Crippen LogP contribution in [-0.2, 0) is 0 Å². The summed E-state index contributed by atoms with van der Waals surface area (Å²) in [6.07, 6.45) is 1.30. The summed E-state index contributed by atoms with van der Waals surface area (Å²) in [5, 5.41) is 2.57. The van der Waals surface area contributed by atoms with E-state index >= 15 is 0 Å². The lowest BCUT2D eigenvalue weighted by Gasteiger charge is -2.04. The standard InChI is InChI=1S/C13H8F2N4OS/c14-9-3-1-8(2-4-9)13(20)18-11-6-5-10-12(17-11)16-7-19(10)21-15/h1-7H,(H,17,18,20). The first-order valence-corrected chi connectivity index (χ1v) is 6.55. The maximum atomic E-state index is 12.8. The molecule has 0 aliphatic carbocycles. The van der Waals surface area contributed by atoms with Crippen molar-refractivity contribution in [2.24, 2.45) is 0 Å². The van der Waals surface area contributed by atoms with E-state index in [4.69, 9.17) is 0 Å². The Balaban J connectivity index is 1.84. The first-order valence-electron chi connectivity index (χ1n) is 5.87. The number of halogens is 2. The summed E-state index contributed by atoms with van der Waals surface area (Å²) >= 11 is 0.0142. The van der Waals surface area contributed by atoms with Gasteiger partial charge in [0, 0.05) is 5.56 Å². The Morgan fingerprint density at radius 3 is 2.67 bits per heavy atom. The number of carbonyl (C=O) groups excluding carboxylic acids is 1. The van der Waals surface area contributed by atoms with Crippen LogP contribution < -0.4 is 5.32 Å². The third-order valence-corrected chi connectivity index (χ3v) is 3.24. The normalized spacial score (nSPS) is 10.8. The molecule has 3 rings (SSSR count). The summed E-state index contributed by atoms with van der Waals surface area (Å²) in [5.41, 5.74) is 1.13. The average Bonchev–Trinajstić information content (AvgIpc) is 2.90. The van der Waals surface area contributed by atoms with Gasteiger partial charge < -0.3 is 5.32 Å². The number of nitrogens with zero attached hydrogens (tertiary/aromatic N) is 3. The van der Waals surface area contributed by atoms with Crippen LogP contribution in [0.15, 0.2) is 42.7 Å². The second-order valence-electron chi connectivity index (χ2n) is 4.14. The van der Waals surface area contributed by atoms with Gasteiger partial charge in [-0.2, -0.15) is 0 Å². The highest BCUT2D eigenvalue weighted by Crippen LogP contribution is 2.19. The van der Waals surface area contributed by atoms with E-state index in [1.54, 1.807) is 6.07 Å². The molecule has 1 amide bonds. The fraction of sp³-hybridized carbons (Fsp3) is 0. The van der Waals surface area contributed by atoms with E-state index in [0.717, 1.165) is 0 Å². The van der Waals surface area contributed by atoms with E-state index < -0.39 is 11.7 Å². The van der Waals surface area contributed by atoms with Gasteiger partial charge in [-0.25, -0.2) is 18.3 Å². The number of fused-ring (bicyclic) bond motifs is 1. The molecular weight excluding hydrogens is 298 g/mol. The maximum absolute atomic E-state index is 12.8. The second-order valence-corrected chi connectivity index (χ2v) is 4.67. The topological polar surface area (TPSA) is 59.8 Å². The van der Waals surface area contributed by atoms with Crippen LogP contribution in [0, 0.1) is 5.82 Å². The molecule has 3 aromatic rings. The van der Waals surface area contributed by atoms with Gasteiger partial charge in [0.2, 0.25) is 0 Å². The Kier molecular flexibility index (Phi) is 3.53. The number of aromatic nitrogens is 3. The number of rotatable bonds is 3. The Morgan fingerprint density at radius 2 is 1.95 bits per heavy atom. The molecule has 21 heavy (non-hydrogen) atoms. The Hall–Kier alpha value is -2.48. The van der Waals surface area contributed by atoms with E-state index in [2.05, 4.69) is 15.3 Å². The van der Waals surface area contributed by atoms with E-state index in [9.17, 15) is 13.1 Å². The molecule has 8 heteroatoms. The first-order chi connectivity index (χ1) is 10.2.